The molecule has 1 aliphatic heterocycles. The second-order valence-corrected chi connectivity index (χ2v) is 8.51. The third kappa shape index (κ3) is 6.98. The molecule has 2 atom stereocenters. The van der Waals surface area contributed by atoms with Crippen LogP contribution in [0.2, 0.25) is 5.02 Å². The molecule has 2 heterocycles. The van der Waals surface area contributed by atoms with Crippen LogP contribution in [0.4, 0.5) is 4.39 Å². The molecule has 0 radical (unpaired) electrons. The number of carboxylic acids is 1. The summed E-state index contributed by atoms with van der Waals surface area (Å²) in [6.07, 6.45) is 11.5. The number of benzene rings is 2. The molecule has 1 N–H and O–H groups in total. The molecule has 2 aromatic carbocycles. The lowest BCUT2D eigenvalue weighted by molar-refractivity contribution is -0.131. The fraction of sp³-hybridized carbons (Fsp3) is 0.346. The molecule has 1 aromatic heterocycles. The first-order valence-electron chi connectivity index (χ1n) is 11.4. The van der Waals surface area contributed by atoms with Crippen LogP contribution in [0.15, 0.2) is 73.3 Å². The fourth-order valence-electron chi connectivity index (χ4n) is 3.77. The second-order valence-electron chi connectivity index (χ2n) is 8.10. The first kappa shape index (κ1) is 25.6. The van der Waals surface area contributed by atoms with Crippen LogP contribution in [0.3, 0.4) is 0 Å². The first-order chi connectivity index (χ1) is 16.5. The van der Waals surface area contributed by atoms with Crippen molar-refractivity contribution in [2.75, 3.05) is 0 Å². The van der Waals surface area contributed by atoms with Gasteiger partial charge in [-0.05, 0) is 36.6 Å². The van der Waals surface area contributed by atoms with Crippen LogP contribution in [0.1, 0.15) is 56.3 Å². The molecule has 1 fully saturated rings. The van der Waals surface area contributed by atoms with Gasteiger partial charge in [0.25, 0.3) is 0 Å². The third-order valence-electron chi connectivity index (χ3n) is 5.56. The van der Waals surface area contributed by atoms with Crippen molar-refractivity contribution in [1.82, 2.24) is 14.8 Å². The number of epoxide rings is 1. The number of allylic oxidation sites excluding steroid dienone is 1. The summed E-state index contributed by atoms with van der Waals surface area (Å²) >= 11 is 6.31. The molecule has 2 unspecified atom stereocenters. The smallest absolute Gasteiger partial charge is 0.327 e. The zero-order valence-electron chi connectivity index (χ0n) is 19.1. The number of hydrogen-bond acceptors (Lipinski definition) is 4. The van der Waals surface area contributed by atoms with Crippen molar-refractivity contribution < 1.29 is 19.0 Å². The molecule has 0 spiro atoms. The minimum atomic E-state index is -0.847. The summed E-state index contributed by atoms with van der Waals surface area (Å²) in [5, 5.41) is 13.0. The Morgan fingerprint density at radius 3 is 2.62 bits per heavy atom. The second kappa shape index (κ2) is 12.4. The number of carboxylic acid groups (broad SMARTS) is 1. The van der Waals surface area contributed by atoms with Gasteiger partial charge in [0.15, 0.2) is 0 Å². The number of halogens is 2. The summed E-state index contributed by atoms with van der Waals surface area (Å²) in [5.41, 5.74) is 1.18. The van der Waals surface area contributed by atoms with Crippen molar-refractivity contribution in [2.24, 2.45) is 0 Å². The monoisotopic (exact) mass is 485 g/mol. The Hall–Kier alpha value is -3.03. The van der Waals surface area contributed by atoms with Crippen molar-refractivity contribution in [3.05, 3.63) is 95.3 Å². The van der Waals surface area contributed by atoms with E-state index in [4.69, 9.17) is 21.4 Å². The zero-order chi connectivity index (χ0) is 24.4. The molecular weight excluding hydrogens is 457 g/mol. The highest BCUT2D eigenvalue weighted by Crippen LogP contribution is 2.59. The van der Waals surface area contributed by atoms with Gasteiger partial charge in [-0.15, -0.1) is 0 Å². The lowest BCUT2D eigenvalue weighted by atomic mass is 9.91. The predicted octanol–water partition coefficient (Wildman–Crippen LogP) is 6.34. The number of carbonyl (C=O) groups is 1. The molecule has 6 nitrogen and oxygen atoms in total. The Bertz CT molecular complexity index is 1070. The Balaban J connectivity index is 0.000000252. The molecule has 0 bridgehead atoms. The fourth-order valence-corrected chi connectivity index (χ4v) is 4.00. The van der Waals surface area contributed by atoms with E-state index in [1.165, 1.54) is 43.8 Å². The maximum absolute atomic E-state index is 13.3. The van der Waals surface area contributed by atoms with Crippen LogP contribution in [-0.4, -0.2) is 25.8 Å². The molecule has 8 heteroatoms. The molecule has 3 aromatic rings. The van der Waals surface area contributed by atoms with E-state index in [1.54, 1.807) is 29.2 Å². The highest BCUT2D eigenvalue weighted by atomic mass is 35.5. The van der Waals surface area contributed by atoms with Gasteiger partial charge >= 0.3 is 5.97 Å². The Morgan fingerprint density at radius 1 is 1.21 bits per heavy atom. The maximum Gasteiger partial charge on any atom is 0.327 e. The highest BCUT2D eigenvalue weighted by molar-refractivity contribution is 6.31. The van der Waals surface area contributed by atoms with Crippen molar-refractivity contribution in [3.8, 4) is 0 Å². The summed E-state index contributed by atoms with van der Waals surface area (Å²) in [6.45, 7) is 2.64. The minimum absolute atomic E-state index is 0.203. The molecule has 0 aliphatic carbocycles. The summed E-state index contributed by atoms with van der Waals surface area (Å²) in [7, 11) is 0. The molecule has 4 rings (SSSR count). The summed E-state index contributed by atoms with van der Waals surface area (Å²) in [6, 6.07) is 13.9. The highest BCUT2D eigenvalue weighted by Gasteiger charge is 2.59. The van der Waals surface area contributed by atoms with E-state index in [-0.39, 0.29) is 11.9 Å². The number of aromatic nitrogens is 3. The summed E-state index contributed by atoms with van der Waals surface area (Å²) in [5.74, 6) is -1.12. The molecule has 1 aliphatic rings. The quantitative estimate of drug-likeness (QED) is 0.206. The molecule has 1 saturated heterocycles. The SMILES string of the molecule is CCCCCC/C=C/C(=O)O.Fc1ccc(C2(Cn3cncn3)OC2c2ccccc2Cl)cc1. The molecule has 180 valence electrons. The third-order valence-corrected chi connectivity index (χ3v) is 5.91. The average molecular weight is 486 g/mol. The van der Waals surface area contributed by atoms with Gasteiger partial charge in [0.2, 0.25) is 0 Å². The first-order valence-corrected chi connectivity index (χ1v) is 11.7. The van der Waals surface area contributed by atoms with E-state index in [2.05, 4.69) is 17.0 Å². The van der Waals surface area contributed by atoms with E-state index in [1.807, 2.05) is 24.3 Å². The van der Waals surface area contributed by atoms with Crippen LogP contribution >= 0.6 is 11.6 Å². The van der Waals surface area contributed by atoms with Crippen molar-refractivity contribution >= 4 is 17.6 Å². The lowest BCUT2D eigenvalue weighted by Crippen LogP contribution is -2.19. The van der Waals surface area contributed by atoms with Crippen molar-refractivity contribution in [1.29, 1.82) is 0 Å². The van der Waals surface area contributed by atoms with E-state index in [0.717, 1.165) is 24.0 Å². The van der Waals surface area contributed by atoms with Crippen LogP contribution < -0.4 is 0 Å². The summed E-state index contributed by atoms with van der Waals surface area (Å²) in [4.78, 5) is 14.0. The van der Waals surface area contributed by atoms with Gasteiger partial charge in [0, 0.05) is 16.7 Å². The largest absolute Gasteiger partial charge is 0.478 e. The molecule has 0 amide bonds. The molecular formula is C26H29ClFN3O3. The van der Waals surface area contributed by atoms with E-state index >= 15 is 0 Å². The summed E-state index contributed by atoms with van der Waals surface area (Å²) < 4.78 is 21.1. The van der Waals surface area contributed by atoms with Crippen LogP contribution in [0.25, 0.3) is 0 Å². The lowest BCUT2D eigenvalue weighted by Gasteiger charge is -2.14. The molecule has 0 saturated carbocycles. The van der Waals surface area contributed by atoms with E-state index in [9.17, 15) is 9.18 Å². The predicted molar refractivity (Wildman–Crippen MR) is 129 cm³/mol. The Labute approximate surface area is 204 Å². The standard InChI is InChI=1S/C17H13ClFN3O.C9H16O2/c18-15-4-2-1-3-14(15)16-17(23-16,9-22-11-20-10-21-22)12-5-7-13(19)8-6-12;1-2-3-4-5-6-7-8-9(10)11/h1-8,10-11,16H,9H2;7-8H,2-6H2,1H3,(H,10,11)/b;8-7+. The molecule has 34 heavy (non-hydrogen) atoms. The van der Waals surface area contributed by atoms with Gasteiger partial charge in [0.05, 0.1) is 6.54 Å². The van der Waals surface area contributed by atoms with Gasteiger partial charge in [-0.2, -0.15) is 5.10 Å². The van der Waals surface area contributed by atoms with Crippen molar-refractivity contribution in [3.63, 3.8) is 0 Å². The normalized spacial score (nSPS) is 19.0. The van der Waals surface area contributed by atoms with Gasteiger partial charge in [-0.1, -0.05) is 74.2 Å². The number of hydrogen-bond donors (Lipinski definition) is 1. The Morgan fingerprint density at radius 2 is 1.97 bits per heavy atom. The maximum atomic E-state index is 13.3. The topological polar surface area (TPSA) is 80.5 Å². The minimum Gasteiger partial charge on any atom is -0.478 e. The number of unbranched alkanes of at least 4 members (excludes halogenated alkanes) is 4. The van der Waals surface area contributed by atoms with Gasteiger partial charge in [-0.3, -0.25) is 0 Å². The van der Waals surface area contributed by atoms with E-state index < -0.39 is 11.6 Å². The number of ether oxygens (including phenoxy) is 1. The number of aliphatic carboxylic acids is 1. The number of rotatable bonds is 10. The van der Waals surface area contributed by atoms with E-state index in [0.29, 0.717) is 11.6 Å². The zero-order valence-corrected chi connectivity index (χ0v) is 19.9. The Kier molecular flexibility index (Phi) is 9.36. The van der Waals surface area contributed by atoms with Crippen LogP contribution in [0.5, 0.6) is 0 Å². The average Bonchev–Trinajstić information content (AvgIpc) is 3.29. The van der Waals surface area contributed by atoms with Gasteiger partial charge in [0.1, 0.15) is 30.2 Å². The van der Waals surface area contributed by atoms with Crippen LogP contribution in [-0.2, 0) is 21.7 Å². The van der Waals surface area contributed by atoms with Crippen LogP contribution in [0, 0.1) is 5.82 Å². The van der Waals surface area contributed by atoms with Gasteiger partial charge in [-0.25, -0.2) is 18.9 Å². The van der Waals surface area contributed by atoms with Gasteiger partial charge < -0.3 is 9.84 Å². The van der Waals surface area contributed by atoms with Crippen molar-refractivity contribution in [2.45, 2.75) is 57.3 Å². The number of nitrogens with zero attached hydrogens (tertiary/aromatic N) is 3.